The Kier molecular flexibility index (Phi) is 6.41. The lowest BCUT2D eigenvalue weighted by Gasteiger charge is -2.08. The quantitative estimate of drug-likeness (QED) is 0.451. The van der Waals surface area contributed by atoms with Gasteiger partial charge in [-0.05, 0) is 54.6 Å². The Labute approximate surface area is 169 Å². The van der Waals surface area contributed by atoms with Crippen LogP contribution in [0, 0.1) is 0 Å². The number of nitrogens with one attached hydrogen (secondary N) is 1. The molecule has 148 valence electrons. The van der Waals surface area contributed by atoms with Crippen molar-refractivity contribution in [1.82, 2.24) is 4.98 Å². The van der Waals surface area contributed by atoms with Crippen molar-refractivity contribution in [2.45, 2.75) is 6.61 Å². The van der Waals surface area contributed by atoms with Gasteiger partial charge in [0.15, 0.2) is 5.78 Å². The summed E-state index contributed by atoms with van der Waals surface area (Å²) in [5, 5.41) is 0. The van der Waals surface area contributed by atoms with Crippen LogP contribution in [0.2, 0.25) is 0 Å². The van der Waals surface area contributed by atoms with Gasteiger partial charge in [0.1, 0.15) is 12.4 Å². The molecule has 3 aromatic rings. The molecule has 0 aliphatic heterocycles. The van der Waals surface area contributed by atoms with Crippen molar-refractivity contribution < 1.29 is 17.9 Å². The molecule has 1 heterocycles. The number of pyridine rings is 1. The number of carbonyl (C=O) groups excluding carboxylic acids is 1. The van der Waals surface area contributed by atoms with Gasteiger partial charge in [-0.25, -0.2) is 8.42 Å². The van der Waals surface area contributed by atoms with Gasteiger partial charge in [-0.15, -0.1) is 0 Å². The predicted octanol–water partition coefficient (Wildman–Crippen LogP) is 3.93. The zero-order valence-corrected chi connectivity index (χ0v) is 16.6. The lowest BCUT2D eigenvalue weighted by atomic mass is 10.1. The van der Waals surface area contributed by atoms with Crippen molar-refractivity contribution in [3.63, 3.8) is 0 Å². The Bertz CT molecular complexity index is 1110. The van der Waals surface area contributed by atoms with E-state index < -0.39 is 10.0 Å². The van der Waals surface area contributed by atoms with Gasteiger partial charge in [-0.2, -0.15) is 0 Å². The summed E-state index contributed by atoms with van der Waals surface area (Å²) in [6, 6.07) is 19.3. The number of aromatic nitrogens is 1. The molecule has 0 aliphatic carbocycles. The monoisotopic (exact) mass is 408 g/mol. The molecule has 0 fully saturated rings. The largest absolute Gasteiger partial charge is 0.487 e. The van der Waals surface area contributed by atoms with Crippen molar-refractivity contribution >= 4 is 27.6 Å². The van der Waals surface area contributed by atoms with Crippen molar-refractivity contribution in [1.29, 1.82) is 0 Å². The molecule has 7 heteroatoms. The molecule has 0 radical (unpaired) electrons. The molecule has 3 rings (SSSR count). The van der Waals surface area contributed by atoms with Crippen LogP contribution in [0.5, 0.6) is 5.75 Å². The van der Waals surface area contributed by atoms with E-state index in [4.69, 9.17) is 4.74 Å². The normalized spacial score (nSPS) is 11.3. The molecule has 0 saturated heterocycles. The van der Waals surface area contributed by atoms with Crippen LogP contribution in [-0.4, -0.2) is 25.4 Å². The van der Waals surface area contributed by atoms with Crippen LogP contribution < -0.4 is 9.46 Å². The van der Waals surface area contributed by atoms with E-state index in [1.807, 2.05) is 42.5 Å². The summed E-state index contributed by atoms with van der Waals surface area (Å²) in [7, 11) is -3.35. The SMILES string of the molecule is CS(=O)(=O)Nc1ccc(C(=O)/C=C/c2ccccc2OCc2ccccn2)cc1. The minimum absolute atomic E-state index is 0.199. The number of hydrogen-bond donors (Lipinski definition) is 1. The number of nitrogens with zero attached hydrogens (tertiary/aromatic N) is 1. The number of hydrogen-bond acceptors (Lipinski definition) is 5. The number of sulfonamides is 1. The van der Waals surface area contributed by atoms with Gasteiger partial charge < -0.3 is 4.74 Å². The summed E-state index contributed by atoms with van der Waals surface area (Å²) in [6.45, 7) is 0.328. The summed E-state index contributed by atoms with van der Waals surface area (Å²) < 4.78 is 30.7. The molecule has 0 atom stereocenters. The molecule has 29 heavy (non-hydrogen) atoms. The van der Waals surface area contributed by atoms with Crippen LogP contribution in [-0.2, 0) is 16.6 Å². The molecule has 0 unspecified atom stereocenters. The third-order valence-electron chi connectivity index (χ3n) is 3.91. The summed E-state index contributed by atoms with van der Waals surface area (Å²) >= 11 is 0. The molecule has 0 spiro atoms. The number of benzene rings is 2. The van der Waals surface area contributed by atoms with Gasteiger partial charge in [0.25, 0.3) is 0 Å². The standard InChI is InChI=1S/C22H20N2O4S/c1-29(26,27)24-19-12-9-17(10-13-19)21(25)14-11-18-6-2-3-8-22(18)28-16-20-7-4-5-15-23-20/h2-15,24H,16H2,1H3/b14-11+. The first-order valence-electron chi connectivity index (χ1n) is 8.83. The maximum atomic E-state index is 12.4. The first kappa shape index (κ1) is 20.3. The van der Waals surface area contributed by atoms with E-state index in [2.05, 4.69) is 9.71 Å². The number of allylic oxidation sites excluding steroid dienone is 1. The van der Waals surface area contributed by atoms with E-state index in [1.165, 1.54) is 6.08 Å². The third kappa shape index (κ3) is 6.29. The fraction of sp³-hybridized carbons (Fsp3) is 0.0909. The molecular weight excluding hydrogens is 388 g/mol. The van der Waals surface area contributed by atoms with E-state index in [0.29, 0.717) is 23.6 Å². The minimum Gasteiger partial charge on any atom is -0.487 e. The van der Waals surface area contributed by atoms with Gasteiger partial charge >= 0.3 is 0 Å². The number of ketones is 1. The molecule has 2 aromatic carbocycles. The van der Waals surface area contributed by atoms with E-state index in [9.17, 15) is 13.2 Å². The zero-order valence-electron chi connectivity index (χ0n) is 15.8. The van der Waals surface area contributed by atoms with Gasteiger partial charge in [-0.1, -0.05) is 24.3 Å². The number of ether oxygens (including phenoxy) is 1. The van der Waals surface area contributed by atoms with Crippen LogP contribution >= 0.6 is 0 Å². The lowest BCUT2D eigenvalue weighted by Crippen LogP contribution is -2.09. The number of rotatable bonds is 8. The van der Waals surface area contributed by atoms with E-state index in [1.54, 1.807) is 36.5 Å². The summed E-state index contributed by atoms with van der Waals surface area (Å²) in [6.07, 6.45) is 5.93. The average molecular weight is 408 g/mol. The summed E-state index contributed by atoms with van der Waals surface area (Å²) in [5.74, 6) is 0.449. The molecule has 0 bridgehead atoms. The summed E-state index contributed by atoms with van der Waals surface area (Å²) in [5.41, 5.74) is 2.44. The van der Waals surface area contributed by atoms with Gasteiger partial charge in [0.05, 0.1) is 11.9 Å². The second kappa shape index (κ2) is 9.16. The number of para-hydroxylation sites is 1. The smallest absolute Gasteiger partial charge is 0.229 e. The van der Waals surface area contributed by atoms with Crippen molar-refractivity contribution in [2.24, 2.45) is 0 Å². The van der Waals surface area contributed by atoms with Gasteiger partial charge in [-0.3, -0.25) is 14.5 Å². The highest BCUT2D eigenvalue weighted by Crippen LogP contribution is 2.21. The molecular formula is C22H20N2O4S. The average Bonchev–Trinajstić information content (AvgIpc) is 2.71. The second-order valence-electron chi connectivity index (χ2n) is 6.30. The molecule has 0 saturated carbocycles. The van der Waals surface area contributed by atoms with Gasteiger partial charge in [0, 0.05) is 23.0 Å². The fourth-order valence-corrected chi connectivity index (χ4v) is 3.13. The zero-order chi connectivity index (χ0) is 20.7. The first-order chi connectivity index (χ1) is 13.9. The highest BCUT2D eigenvalue weighted by molar-refractivity contribution is 7.92. The maximum Gasteiger partial charge on any atom is 0.229 e. The molecule has 0 amide bonds. The molecule has 0 aliphatic rings. The first-order valence-corrected chi connectivity index (χ1v) is 10.7. The van der Waals surface area contributed by atoms with Crippen molar-refractivity contribution in [3.8, 4) is 5.75 Å². The van der Waals surface area contributed by atoms with E-state index >= 15 is 0 Å². The van der Waals surface area contributed by atoms with Crippen LogP contribution in [0.15, 0.2) is 79.0 Å². The molecule has 1 aromatic heterocycles. The minimum atomic E-state index is -3.35. The highest BCUT2D eigenvalue weighted by atomic mass is 32.2. The van der Waals surface area contributed by atoms with Crippen LogP contribution in [0.25, 0.3) is 6.08 Å². The van der Waals surface area contributed by atoms with Crippen LogP contribution in [0.4, 0.5) is 5.69 Å². The van der Waals surface area contributed by atoms with Gasteiger partial charge in [0.2, 0.25) is 10.0 Å². The predicted molar refractivity (Wildman–Crippen MR) is 113 cm³/mol. The Morgan fingerprint density at radius 2 is 1.76 bits per heavy atom. The Morgan fingerprint density at radius 1 is 1.03 bits per heavy atom. The van der Waals surface area contributed by atoms with Crippen LogP contribution in [0.1, 0.15) is 21.6 Å². The maximum absolute atomic E-state index is 12.4. The molecule has 1 N–H and O–H groups in total. The topological polar surface area (TPSA) is 85.4 Å². The fourth-order valence-electron chi connectivity index (χ4n) is 2.56. The Hall–Kier alpha value is -3.45. The Morgan fingerprint density at radius 3 is 2.45 bits per heavy atom. The van der Waals surface area contributed by atoms with Crippen molar-refractivity contribution in [3.05, 3.63) is 95.8 Å². The second-order valence-corrected chi connectivity index (χ2v) is 8.05. The summed E-state index contributed by atoms with van der Waals surface area (Å²) in [4.78, 5) is 16.7. The lowest BCUT2D eigenvalue weighted by molar-refractivity contribution is 0.104. The molecule has 6 nitrogen and oxygen atoms in total. The van der Waals surface area contributed by atoms with E-state index in [-0.39, 0.29) is 5.78 Å². The van der Waals surface area contributed by atoms with E-state index in [0.717, 1.165) is 17.5 Å². The number of anilines is 1. The van der Waals surface area contributed by atoms with Crippen LogP contribution in [0.3, 0.4) is 0 Å². The third-order valence-corrected chi connectivity index (χ3v) is 4.51. The number of carbonyl (C=O) groups is 1. The highest BCUT2D eigenvalue weighted by Gasteiger charge is 2.06. The van der Waals surface area contributed by atoms with Crippen molar-refractivity contribution in [2.75, 3.05) is 11.0 Å². The Balaban J connectivity index is 1.68.